The van der Waals surface area contributed by atoms with Gasteiger partial charge in [-0.05, 0) is 0 Å². The van der Waals surface area contributed by atoms with Gasteiger partial charge in [-0.2, -0.15) is 0 Å². The minimum atomic E-state index is -1.31. The topological polar surface area (TPSA) is 78.8 Å². The third kappa shape index (κ3) is 3.95. The number of carbonyl (C=O) groups excluding carboxylic acids is 2. The fraction of sp³-hybridized carbons (Fsp3) is 0. The normalized spacial score (nSPS) is 8.47. The largest absolute Gasteiger partial charge is 1.00 e. The maximum atomic E-state index is 11.0. The summed E-state index contributed by atoms with van der Waals surface area (Å²) < 4.78 is 0. The summed E-state index contributed by atoms with van der Waals surface area (Å²) in [4.78, 5) is 25.4. The average molecular weight is 212 g/mol. The van der Waals surface area contributed by atoms with Crippen molar-refractivity contribution >= 4 is 19.6 Å². The van der Waals surface area contributed by atoms with Gasteiger partial charge >= 0.3 is 109 Å². The summed E-state index contributed by atoms with van der Waals surface area (Å²) in [5, 5.41) is 13.0. The Morgan fingerprint density at radius 1 is 1.20 bits per heavy atom. The number of carboxylic acids is 1. The molecule has 0 fully saturated rings. The first-order valence-electron chi connectivity index (χ1n) is 3.58. The quantitative estimate of drug-likeness (QED) is 0.384. The molecule has 0 aliphatic heterocycles. The molecular formula is C8H4BNNaO4. The van der Waals surface area contributed by atoms with Crippen LogP contribution in [0.2, 0.25) is 0 Å². The van der Waals surface area contributed by atoms with E-state index in [1.165, 1.54) is 24.3 Å². The predicted molar refractivity (Wildman–Crippen MR) is 44.4 cm³/mol. The minimum Gasteiger partial charge on any atom is 1.00 e. The van der Waals surface area contributed by atoms with Crippen molar-refractivity contribution in [2.75, 3.05) is 0 Å². The van der Waals surface area contributed by atoms with Crippen LogP contribution in [0.25, 0.3) is 0 Å². The van der Waals surface area contributed by atoms with E-state index in [4.69, 9.17) is 0 Å². The van der Waals surface area contributed by atoms with E-state index >= 15 is 0 Å². The first-order chi connectivity index (χ1) is 6.65. The first kappa shape index (κ1) is 14.0. The standard InChI is InChI=1S/C8H5BNO4.Na/c9-10-14-8(13)6-3-1-5(2-4-6)7(11)12;/h1-4H,(H,11,12);/q;+1/p-1. The summed E-state index contributed by atoms with van der Waals surface area (Å²) >= 11 is 0. The van der Waals surface area contributed by atoms with Crippen LogP contribution in [0.5, 0.6) is 0 Å². The molecule has 15 heavy (non-hydrogen) atoms. The van der Waals surface area contributed by atoms with Crippen molar-refractivity contribution in [1.82, 2.24) is 0 Å². The Hall–Kier alpha value is -0.975. The summed E-state index contributed by atoms with van der Waals surface area (Å²) in [6.45, 7) is 0. The van der Waals surface area contributed by atoms with E-state index in [0.717, 1.165) is 0 Å². The van der Waals surface area contributed by atoms with Gasteiger partial charge in [0.1, 0.15) is 0 Å². The molecule has 0 amide bonds. The molecule has 1 radical (unpaired) electrons. The molecule has 0 unspecified atom stereocenters. The molecule has 0 spiro atoms. The van der Waals surface area contributed by atoms with Crippen LogP contribution in [0.4, 0.5) is 0 Å². The van der Waals surface area contributed by atoms with Crippen molar-refractivity contribution in [3.63, 3.8) is 0 Å². The number of carboxylic acid groups (broad SMARTS) is 1. The van der Waals surface area contributed by atoms with Crippen molar-refractivity contribution in [1.29, 1.82) is 0 Å². The van der Waals surface area contributed by atoms with Gasteiger partial charge in [0.2, 0.25) is 0 Å². The summed E-state index contributed by atoms with van der Waals surface area (Å²) in [5.41, 5.74) is 0.135. The third-order valence-corrected chi connectivity index (χ3v) is 1.49. The molecule has 0 saturated heterocycles. The third-order valence-electron chi connectivity index (χ3n) is 1.49. The summed E-state index contributed by atoms with van der Waals surface area (Å²) in [6, 6.07) is 5.00. The summed E-state index contributed by atoms with van der Waals surface area (Å²) in [7, 11) is 4.62. The van der Waals surface area contributed by atoms with Crippen LogP contribution in [0.3, 0.4) is 0 Å². The Balaban J connectivity index is 0.00000196. The number of rotatable bonds is 3. The van der Waals surface area contributed by atoms with Gasteiger partial charge in [-0.25, -0.2) is 0 Å². The Morgan fingerprint density at radius 2 is 1.67 bits per heavy atom. The number of nitrogens with zero attached hydrogens (tertiary/aromatic N) is 1. The van der Waals surface area contributed by atoms with Crippen LogP contribution in [0, 0.1) is 0 Å². The Bertz CT molecular complexity index is 379. The van der Waals surface area contributed by atoms with E-state index in [1.54, 1.807) is 0 Å². The molecule has 5 nitrogen and oxygen atoms in total. The molecule has 0 bridgehead atoms. The van der Waals surface area contributed by atoms with Gasteiger partial charge in [0.15, 0.2) is 0 Å². The van der Waals surface area contributed by atoms with Gasteiger partial charge in [0.05, 0.1) is 0 Å². The second-order valence-corrected chi connectivity index (χ2v) is 2.35. The molecule has 1 aromatic carbocycles. The van der Waals surface area contributed by atoms with E-state index < -0.39 is 11.9 Å². The molecular weight excluding hydrogens is 208 g/mol. The van der Waals surface area contributed by atoms with E-state index in [-0.39, 0.29) is 40.7 Å². The van der Waals surface area contributed by atoms with Gasteiger partial charge < -0.3 is 0 Å². The summed E-state index contributed by atoms with van der Waals surface area (Å²) in [6.07, 6.45) is 0. The van der Waals surface area contributed by atoms with E-state index in [9.17, 15) is 14.7 Å². The predicted octanol–water partition coefficient (Wildman–Crippen LogP) is -3.52. The molecule has 69 valence electrons. The molecule has 0 saturated carbocycles. The summed E-state index contributed by atoms with van der Waals surface area (Å²) in [5.74, 6) is -2.06. The second kappa shape index (κ2) is 6.50. The second-order valence-electron chi connectivity index (χ2n) is 2.35. The molecule has 7 heteroatoms. The van der Waals surface area contributed by atoms with Crippen molar-refractivity contribution in [2.45, 2.75) is 0 Å². The SMILES string of the molecule is [B]=NOC(=O)c1ccc(C(=O)[O-])cc1.[Na+]. The maximum Gasteiger partial charge on any atom is 1.00 e. The first-order valence-corrected chi connectivity index (χ1v) is 3.58. The van der Waals surface area contributed by atoms with Gasteiger partial charge in [-0.3, -0.25) is 0 Å². The van der Waals surface area contributed by atoms with Crippen LogP contribution >= 0.6 is 0 Å². The molecule has 0 aliphatic carbocycles. The molecule has 1 rings (SSSR count). The Kier molecular flexibility index (Phi) is 6.08. The van der Waals surface area contributed by atoms with Gasteiger partial charge in [-0.15, -0.1) is 0 Å². The van der Waals surface area contributed by atoms with Crippen LogP contribution in [0.15, 0.2) is 29.3 Å². The number of hydrogen-bond acceptors (Lipinski definition) is 5. The van der Waals surface area contributed by atoms with Gasteiger partial charge in [0, 0.05) is 0 Å². The Morgan fingerprint density at radius 3 is 2.07 bits per heavy atom. The van der Waals surface area contributed by atoms with Crippen LogP contribution in [0.1, 0.15) is 20.7 Å². The van der Waals surface area contributed by atoms with Crippen molar-refractivity contribution in [3.05, 3.63) is 35.4 Å². The van der Waals surface area contributed by atoms with Gasteiger partial charge in [-0.1, -0.05) is 0 Å². The van der Waals surface area contributed by atoms with Gasteiger partial charge in [0.25, 0.3) is 0 Å². The number of hydrogen-bond donors (Lipinski definition) is 0. The number of benzene rings is 1. The fourth-order valence-electron chi connectivity index (χ4n) is 0.843. The molecule has 0 aliphatic rings. The molecule has 1 aromatic rings. The number of aromatic carboxylic acids is 1. The van der Waals surface area contributed by atoms with E-state index in [0.29, 0.717) is 0 Å². The van der Waals surface area contributed by atoms with Crippen LogP contribution < -0.4 is 34.7 Å². The number of carbonyl (C=O) groups is 2. The molecule has 0 aromatic heterocycles. The van der Waals surface area contributed by atoms with E-state index in [1.807, 2.05) is 0 Å². The maximum absolute atomic E-state index is 11.0. The minimum absolute atomic E-state index is 0. The zero-order valence-corrected chi connectivity index (χ0v) is 9.97. The van der Waals surface area contributed by atoms with E-state index in [2.05, 4.69) is 17.5 Å². The monoisotopic (exact) mass is 212 g/mol. The Labute approximate surface area is 109 Å². The van der Waals surface area contributed by atoms with Crippen molar-refractivity contribution in [3.8, 4) is 0 Å². The van der Waals surface area contributed by atoms with Crippen molar-refractivity contribution < 1.29 is 49.1 Å². The van der Waals surface area contributed by atoms with Crippen molar-refractivity contribution in [2.24, 2.45) is 5.06 Å². The zero-order chi connectivity index (χ0) is 10.6. The molecule has 0 atom stereocenters. The molecule has 0 N–H and O–H groups in total. The smallest absolute Gasteiger partial charge is 1.00 e. The fourth-order valence-corrected chi connectivity index (χ4v) is 0.843. The molecule has 0 heterocycles. The van der Waals surface area contributed by atoms with Crippen LogP contribution in [-0.2, 0) is 4.84 Å². The van der Waals surface area contributed by atoms with Crippen LogP contribution in [-0.4, -0.2) is 19.6 Å². The average Bonchev–Trinajstić information content (AvgIpc) is 2.18. The zero-order valence-electron chi connectivity index (χ0n) is 7.97.